The summed E-state index contributed by atoms with van der Waals surface area (Å²) in [5.41, 5.74) is 29.1. The Balaban J connectivity index is 2.28. The quantitative estimate of drug-likeness (QED) is 0.0127. The molecule has 0 unspecified atom stereocenters. The fourth-order valence-corrected chi connectivity index (χ4v) is 11.4. The van der Waals surface area contributed by atoms with E-state index in [9.17, 15) is 97.5 Å². The summed E-state index contributed by atoms with van der Waals surface area (Å²) in [6.07, 6.45) is -2.15. The van der Waals surface area contributed by atoms with E-state index in [0.29, 0.717) is 30.4 Å². The number of aliphatic imine (C=N–C) groups is 1. The molecule has 0 radical (unpaired) electrons. The van der Waals surface area contributed by atoms with Crippen molar-refractivity contribution in [2.24, 2.45) is 51.4 Å². The Bertz CT molecular complexity index is 3540. The highest BCUT2D eigenvalue weighted by Gasteiger charge is 2.39. The number of carboxylic acid groups (broad SMARTS) is 1. The molecular formula is C74H122N20O20S. The van der Waals surface area contributed by atoms with Crippen molar-refractivity contribution in [3.05, 3.63) is 65.7 Å². The lowest BCUT2D eigenvalue weighted by Gasteiger charge is -2.29. The Labute approximate surface area is 674 Å². The molecule has 16 atom stereocenters. The highest BCUT2D eigenvalue weighted by molar-refractivity contribution is 7.80. The van der Waals surface area contributed by atoms with Crippen molar-refractivity contribution >= 4 is 107 Å². The Morgan fingerprint density at radius 2 is 0.870 bits per heavy atom. The van der Waals surface area contributed by atoms with Gasteiger partial charge in [0, 0.05) is 25.1 Å². The Morgan fingerprint density at radius 1 is 0.452 bits per heavy atom. The van der Waals surface area contributed by atoms with Crippen LogP contribution in [0, 0.1) is 17.8 Å². The van der Waals surface area contributed by atoms with Gasteiger partial charge in [0.15, 0.2) is 5.96 Å². The van der Waals surface area contributed by atoms with Crippen LogP contribution in [0.5, 0.6) is 5.75 Å². The molecule has 0 aliphatic heterocycles. The molecule has 0 spiro atoms. The number of aliphatic carboxylic acids is 1. The van der Waals surface area contributed by atoms with E-state index in [2.05, 4.69) is 92.1 Å². The van der Waals surface area contributed by atoms with Crippen LogP contribution in [0.1, 0.15) is 138 Å². The molecule has 41 heteroatoms. The van der Waals surface area contributed by atoms with Gasteiger partial charge in [-0.1, -0.05) is 90.4 Å². The number of carbonyl (C=O) groups is 15. The first-order valence-electron chi connectivity index (χ1n) is 38.2. The van der Waals surface area contributed by atoms with Crippen LogP contribution in [-0.2, 0) is 84.8 Å². The summed E-state index contributed by atoms with van der Waals surface area (Å²) in [6, 6.07) is -5.24. The van der Waals surface area contributed by atoms with Crippen LogP contribution in [0.3, 0.4) is 0 Å². The SMILES string of the molecule is CC[C@H](C)[C@H](NC(=O)CNC(=O)[C@H](CC(C)C)NC(=O)[C@H](C)NC(=O)[C@H](CCCCN)NC(=O)[C@@H](NC(=O)[C@@H](NC(=O)[C@H](Cc1ccccc1)NC(=O)[C@H](CS)NC(=O)[C@@H](N)C(C)C)[C@@H](C)O)[C@@H](C)O)C(=O)N[C@@H](CO)C(=O)N[C@@H](Cc1ccc(O)cc1)C(=O)NCC(=O)N[C@@H](CCCN=C(N)N)C(=O)N[C@@H](CCCCN)C(=O)O. The molecule has 644 valence electrons. The number of rotatable bonds is 54. The monoisotopic (exact) mass is 1640 g/mol. The van der Waals surface area contributed by atoms with Gasteiger partial charge in [0.1, 0.15) is 78.3 Å². The summed E-state index contributed by atoms with van der Waals surface area (Å²) in [7, 11) is 0. The number of amides is 14. The maximum Gasteiger partial charge on any atom is 0.326 e. The smallest absolute Gasteiger partial charge is 0.326 e. The number of benzene rings is 2. The molecule has 0 saturated heterocycles. The van der Waals surface area contributed by atoms with Crippen LogP contribution in [0.2, 0.25) is 0 Å². The lowest BCUT2D eigenvalue weighted by atomic mass is 9.97. The van der Waals surface area contributed by atoms with Crippen LogP contribution < -0.4 is 103 Å². The summed E-state index contributed by atoms with van der Waals surface area (Å²) >= 11 is 4.21. The number of thiol groups is 1. The summed E-state index contributed by atoms with van der Waals surface area (Å²) in [4.78, 5) is 209. The van der Waals surface area contributed by atoms with E-state index >= 15 is 0 Å². The zero-order valence-corrected chi connectivity index (χ0v) is 67.6. The van der Waals surface area contributed by atoms with Crippen molar-refractivity contribution in [2.45, 2.75) is 230 Å². The van der Waals surface area contributed by atoms with Gasteiger partial charge in [0.2, 0.25) is 82.7 Å². The van der Waals surface area contributed by atoms with E-state index in [1.54, 1.807) is 71.9 Å². The topological polar surface area (TPSA) is 668 Å². The van der Waals surface area contributed by atoms with Gasteiger partial charge in [0.05, 0.1) is 37.9 Å². The second-order valence-electron chi connectivity index (χ2n) is 28.8. The van der Waals surface area contributed by atoms with E-state index in [-0.39, 0.29) is 107 Å². The predicted molar refractivity (Wildman–Crippen MR) is 426 cm³/mol. The number of nitrogens with two attached hydrogens (primary N) is 5. The molecule has 0 aliphatic rings. The molecule has 2 aromatic carbocycles. The molecule has 2 rings (SSSR count). The molecule has 29 N–H and O–H groups in total. The van der Waals surface area contributed by atoms with Gasteiger partial charge < -0.3 is 129 Å². The van der Waals surface area contributed by atoms with E-state index in [0.717, 1.165) is 13.8 Å². The van der Waals surface area contributed by atoms with Crippen molar-refractivity contribution in [1.82, 2.24) is 74.4 Å². The lowest BCUT2D eigenvalue weighted by molar-refractivity contribution is -0.142. The van der Waals surface area contributed by atoms with Gasteiger partial charge in [0.25, 0.3) is 0 Å². The Kier molecular flexibility index (Phi) is 46.4. The zero-order valence-electron chi connectivity index (χ0n) is 66.7. The van der Waals surface area contributed by atoms with Crippen molar-refractivity contribution in [3.63, 3.8) is 0 Å². The summed E-state index contributed by atoms with van der Waals surface area (Å²) < 4.78 is 0. The molecule has 0 aliphatic carbocycles. The minimum Gasteiger partial charge on any atom is -0.508 e. The number of phenols is 1. The van der Waals surface area contributed by atoms with Crippen molar-refractivity contribution < 1.29 is 97.5 Å². The first kappa shape index (κ1) is 101. The molecule has 0 bridgehead atoms. The van der Waals surface area contributed by atoms with Crippen LogP contribution in [0.15, 0.2) is 59.6 Å². The molecule has 115 heavy (non-hydrogen) atoms. The number of guanidine groups is 1. The first-order valence-corrected chi connectivity index (χ1v) is 38.9. The third kappa shape index (κ3) is 37.7. The third-order valence-electron chi connectivity index (χ3n) is 18.2. The molecule has 2 aromatic rings. The number of aliphatic hydroxyl groups excluding tert-OH is 3. The van der Waals surface area contributed by atoms with E-state index < -0.39 is 205 Å². The number of hydrogen-bond donors (Lipinski definition) is 25. The predicted octanol–water partition coefficient (Wildman–Crippen LogP) is -6.60. The largest absolute Gasteiger partial charge is 0.508 e. The fourth-order valence-electron chi connectivity index (χ4n) is 11.2. The number of hydrogen-bond acceptors (Lipinski definition) is 24. The van der Waals surface area contributed by atoms with Crippen molar-refractivity contribution in [2.75, 3.05) is 45.1 Å². The van der Waals surface area contributed by atoms with Gasteiger partial charge >= 0.3 is 5.97 Å². The van der Waals surface area contributed by atoms with Crippen LogP contribution in [0.25, 0.3) is 0 Å². The summed E-state index contributed by atoms with van der Waals surface area (Å²) in [6.45, 7) is 11.5. The molecule has 0 heterocycles. The average Bonchev–Trinajstić information content (AvgIpc) is 0.844. The Morgan fingerprint density at radius 3 is 1.37 bits per heavy atom. The van der Waals surface area contributed by atoms with Gasteiger partial charge in [-0.25, -0.2) is 4.79 Å². The molecular weight excluding hydrogens is 1520 g/mol. The number of phenolic OH excluding ortho intramolecular Hbond substituents is 1. The maximum atomic E-state index is 14.1. The van der Waals surface area contributed by atoms with Gasteiger partial charge in [-0.05, 0) is 133 Å². The minimum absolute atomic E-state index is 0.0189. The number of nitrogens with zero attached hydrogens (tertiary/aromatic N) is 1. The molecule has 0 saturated carbocycles. The fraction of sp³-hybridized carbons (Fsp3) is 0.622. The second-order valence-corrected chi connectivity index (χ2v) is 29.1. The average molecular weight is 1640 g/mol. The molecule has 14 amide bonds. The number of unbranched alkanes of at least 4 members (excludes halogenated alkanes) is 2. The first-order chi connectivity index (χ1) is 54.2. The summed E-state index contributed by atoms with van der Waals surface area (Å²) in [5.74, 6) is -16.5. The second kappa shape index (κ2) is 52.9. The summed E-state index contributed by atoms with van der Waals surface area (Å²) in [5, 5.41) is 86.5. The van der Waals surface area contributed by atoms with E-state index in [1.807, 2.05) is 0 Å². The molecule has 0 fully saturated rings. The van der Waals surface area contributed by atoms with Crippen LogP contribution in [0.4, 0.5) is 0 Å². The third-order valence-corrected chi connectivity index (χ3v) is 18.6. The van der Waals surface area contributed by atoms with E-state index in [4.69, 9.17) is 28.7 Å². The van der Waals surface area contributed by atoms with Gasteiger partial charge in [-0.15, -0.1) is 0 Å². The zero-order chi connectivity index (χ0) is 86.8. The highest BCUT2D eigenvalue weighted by atomic mass is 32.1. The Hall–Kier alpha value is -10.3. The standard InChI is InChI=1S/C74H122N20O20S/c1-10-40(6)58(70(110)90-53(36-95)67(107)88-51(33-45-24-26-46(98)27-25-45)63(103)81-34-55(99)84-47(23-18-30-80-74(78)79)65(105)86-49(73(113)114)22-15-17-29-76)92-56(100)35-82-62(102)50(31-38(2)3)87-61(101)41(7)83-64(104)48(21-14-16-28-75)85-71(111)59(42(8)96)94-72(112)60(43(9)97)93-66(106)52(32-44-19-12-11-13-20-44)89-68(108)54(37-115)91-69(109)57(77)39(4)5/h11-13,19-20,24-27,38-43,47-54,57-60,95-98,115H,10,14-18,21-23,28-37,75-77H2,1-9H3,(H,81,103)(H,82,102)(H,83,104)(H,84,99)(H,85,111)(H,86,105)(H,87,101)(H,88,107)(H,89,108)(H,90,110)(H,91,109)(H,92,100)(H,93,106)(H,94,112)(H,113,114)(H4,78,79,80)/t40-,41-,42+,43+,47-,48-,49-,50-,51-,52-,53-,54-,57-,58-,59-,60-/m0/s1. The molecule has 40 nitrogen and oxygen atoms in total. The number of aliphatic hydroxyl groups is 3. The minimum atomic E-state index is -1.86. The number of carboxylic acids is 1. The van der Waals surface area contributed by atoms with Gasteiger partial charge in [-0.2, -0.15) is 12.6 Å². The number of nitrogens with one attached hydrogen (secondary N) is 14. The van der Waals surface area contributed by atoms with Crippen LogP contribution >= 0.6 is 12.6 Å². The number of carbonyl (C=O) groups excluding carboxylic acids is 14. The van der Waals surface area contributed by atoms with Gasteiger partial charge in [-0.3, -0.25) is 72.1 Å². The normalized spacial score (nSPS) is 15.4. The van der Waals surface area contributed by atoms with Crippen molar-refractivity contribution in [1.29, 1.82) is 0 Å². The highest BCUT2D eigenvalue weighted by Crippen LogP contribution is 2.16. The lowest BCUT2D eigenvalue weighted by Crippen LogP contribution is -2.63. The maximum absolute atomic E-state index is 14.1. The molecule has 0 aromatic heterocycles. The number of aromatic hydroxyl groups is 1. The van der Waals surface area contributed by atoms with Crippen molar-refractivity contribution in [3.8, 4) is 5.75 Å². The van der Waals surface area contributed by atoms with E-state index in [1.165, 1.54) is 31.2 Å². The van der Waals surface area contributed by atoms with Crippen LogP contribution in [-0.4, -0.2) is 256 Å².